The van der Waals surface area contributed by atoms with Gasteiger partial charge < -0.3 is 35.2 Å². The standard InChI is InChI=1S/C24H37NO7/c1-15-6-4-8-19(31-2)9-5-7-16-12-18(27)13-20(24(16)30)25-22(28)14-17(26)10-11-21(32-3)23(15)29/h6,12-13,17,19,21,23,26-27,29-30H,4-5,7-11,14H2,1-3H3,(H,25,28)/b15-6+. The summed E-state index contributed by atoms with van der Waals surface area (Å²) in [5, 5.41) is 44.1. The molecule has 0 saturated heterocycles. The Morgan fingerprint density at radius 1 is 1.03 bits per heavy atom. The first-order valence-electron chi connectivity index (χ1n) is 11.2. The largest absolute Gasteiger partial charge is 0.508 e. The molecular formula is C24H37NO7. The molecule has 0 saturated carbocycles. The van der Waals surface area contributed by atoms with Crippen molar-refractivity contribution in [3.8, 4) is 11.5 Å². The van der Waals surface area contributed by atoms with Gasteiger partial charge in [-0.05, 0) is 69.1 Å². The highest BCUT2D eigenvalue weighted by Crippen LogP contribution is 2.34. The number of fused-ring (bicyclic) bond motifs is 2. The fraction of sp³-hybridized carbons (Fsp3) is 0.625. The van der Waals surface area contributed by atoms with E-state index in [-0.39, 0.29) is 36.1 Å². The number of carbonyl (C=O) groups is 1. The van der Waals surface area contributed by atoms with Crippen molar-refractivity contribution in [3.05, 3.63) is 29.3 Å². The first-order valence-corrected chi connectivity index (χ1v) is 11.2. The summed E-state index contributed by atoms with van der Waals surface area (Å²) < 4.78 is 11.0. The number of aryl methyl sites for hydroxylation is 1. The van der Waals surface area contributed by atoms with Gasteiger partial charge in [-0.3, -0.25) is 4.79 Å². The Labute approximate surface area is 189 Å². The average Bonchev–Trinajstić information content (AvgIpc) is 2.74. The molecule has 5 N–H and O–H groups in total. The minimum Gasteiger partial charge on any atom is -0.508 e. The van der Waals surface area contributed by atoms with Crippen molar-refractivity contribution in [1.29, 1.82) is 0 Å². The van der Waals surface area contributed by atoms with Gasteiger partial charge in [-0.15, -0.1) is 0 Å². The van der Waals surface area contributed by atoms with Gasteiger partial charge in [-0.25, -0.2) is 0 Å². The van der Waals surface area contributed by atoms with E-state index >= 15 is 0 Å². The predicted molar refractivity (Wildman–Crippen MR) is 122 cm³/mol. The Morgan fingerprint density at radius 3 is 2.47 bits per heavy atom. The lowest BCUT2D eigenvalue weighted by Gasteiger charge is -2.23. The molecule has 2 bridgehead atoms. The second-order valence-corrected chi connectivity index (χ2v) is 8.48. The lowest BCUT2D eigenvalue weighted by molar-refractivity contribution is -0.118. The predicted octanol–water partition coefficient (Wildman–Crippen LogP) is 3.02. The molecule has 0 aliphatic carbocycles. The van der Waals surface area contributed by atoms with Crippen molar-refractivity contribution in [2.24, 2.45) is 0 Å². The Kier molecular flexibility index (Phi) is 10.4. The van der Waals surface area contributed by atoms with Crippen molar-refractivity contribution in [2.45, 2.75) is 82.7 Å². The molecule has 0 fully saturated rings. The Balaban J connectivity index is 2.23. The molecule has 4 atom stereocenters. The summed E-state index contributed by atoms with van der Waals surface area (Å²) in [5.74, 6) is -0.619. The number of amides is 1. The van der Waals surface area contributed by atoms with Gasteiger partial charge in [0.15, 0.2) is 0 Å². The molecule has 1 aromatic rings. The lowest BCUT2D eigenvalue weighted by Crippen LogP contribution is -2.31. The van der Waals surface area contributed by atoms with Crippen LogP contribution in [0, 0.1) is 0 Å². The number of benzene rings is 1. The molecule has 180 valence electrons. The van der Waals surface area contributed by atoms with Crippen molar-refractivity contribution >= 4 is 11.6 Å². The monoisotopic (exact) mass is 451 g/mol. The fourth-order valence-corrected chi connectivity index (χ4v) is 4.05. The number of methoxy groups -OCH3 is 2. The third-order valence-electron chi connectivity index (χ3n) is 6.04. The molecule has 1 aromatic carbocycles. The number of anilines is 1. The number of aromatic hydroxyl groups is 2. The molecule has 0 aromatic heterocycles. The summed E-state index contributed by atoms with van der Waals surface area (Å²) in [4.78, 5) is 12.4. The molecule has 8 heteroatoms. The molecule has 8 nitrogen and oxygen atoms in total. The van der Waals surface area contributed by atoms with Crippen LogP contribution in [0.3, 0.4) is 0 Å². The van der Waals surface area contributed by atoms with Crippen LogP contribution in [-0.4, -0.2) is 65.0 Å². The number of phenols is 2. The van der Waals surface area contributed by atoms with E-state index < -0.39 is 24.2 Å². The van der Waals surface area contributed by atoms with Crippen molar-refractivity contribution in [3.63, 3.8) is 0 Å². The summed E-state index contributed by atoms with van der Waals surface area (Å²) in [6, 6.07) is 2.78. The minimum absolute atomic E-state index is 0.0188. The van der Waals surface area contributed by atoms with E-state index in [1.807, 2.05) is 13.0 Å². The molecule has 32 heavy (non-hydrogen) atoms. The van der Waals surface area contributed by atoms with Crippen LogP contribution in [0.5, 0.6) is 11.5 Å². The number of nitrogens with one attached hydrogen (secondary N) is 1. The second-order valence-electron chi connectivity index (χ2n) is 8.48. The maximum atomic E-state index is 12.4. The fourth-order valence-electron chi connectivity index (χ4n) is 4.05. The van der Waals surface area contributed by atoms with Crippen LogP contribution in [0.2, 0.25) is 0 Å². The summed E-state index contributed by atoms with van der Waals surface area (Å²) in [5.41, 5.74) is 1.45. The summed E-state index contributed by atoms with van der Waals surface area (Å²) in [6.45, 7) is 1.85. The van der Waals surface area contributed by atoms with E-state index in [1.54, 1.807) is 7.11 Å². The van der Waals surface area contributed by atoms with Gasteiger partial charge in [-0.1, -0.05) is 6.08 Å². The van der Waals surface area contributed by atoms with Gasteiger partial charge in [-0.2, -0.15) is 0 Å². The lowest BCUT2D eigenvalue weighted by atomic mass is 9.97. The number of aliphatic hydroxyl groups excluding tert-OH is 2. The molecule has 0 radical (unpaired) electrons. The van der Waals surface area contributed by atoms with Crippen LogP contribution >= 0.6 is 0 Å². The van der Waals surface area contributed by atoms with Gasteiger partial charge in [0, 0.05) is 20.3 Å². The summed E-state index contributed by atoms with van der Waals surface area (Å²) >= 11 is 0. The molecule has 0 spiro atoms. The molecule has 1 heterocycles. The third-order valence-corrected chi connectivity index (χ3v) is 6.04. The number of allylic oxidation sites excluding steroid dienone is 1. The Hall–Kier alpha value is -2.13. The van der Waals surface area contributed by atoms with Gasteiger partial charge in [0.1, 0.15) is 17.6 Å². The number of phenolic OH excluding ortho intramolecular Hbond substituents is 2. The number of ether oxygens (including phenoxy) is 2. The summed E-state index contributed by atoms with van der Waals surface area (Å²) in [7, 11) is 3.18. The molecule has 2 rings (SSSR count). The van der Waals surface area contributed by atoms with Crippen LogP contribution in [0.25, 0.3) is 0 Å². The van der Waals surface area contributed by atoms with Gasteiger partial charge in [0.25, 0.3) is 0 Å². The summed E-state index contributed by atoms with van der Waals surface area (Å²) in [6.07, 6.45) is 3.73. The van der Waals surface area contributed by atoms with E-state index in [0.717, 1.165) is 31.3 Å². The highest BCUT2D eigenvalue weighted by atomic mass is 16.5. The van der Waals surface area contributed by atoms with Crippen LogP contribution in [-0.2, 0) is 20.7 Å². The molecule has 1 aliphatic rings. The SMILES string of the molecule is COC1CC/C=C(\C)C(O)C(OC)CCC(O)CC(=O)Nc2cc(O)cc(c2O)CCC1. The average molecular weight is 452 g/mol. The van der Waals surface area contributed by atoms with Gasteiger partial charge >= 0.3 is 0 Å². The Bertz CT molecular complexity index is 780. The molecule has 1 amide bonds. The molecule has 1 aliphatic heterocycles. The van der Waals surface area contributed by atoms with Crippen molar-refractivity contribution in [2.75, 3.05) is 19.5 Å². The van der Waals surface area contributed by atoms with Gasteiger partial charge in [0.05, 0.1) is 30.4 Å². The topological polar surface area (TPSA) is 128 Å². The normalized spacial score (nSPS) is 28.5. The number of rotatable bonds is 2. The minimum atomic E-state index is -0.937. The maximum Gasteiger partial charge on any atom is 0.227 e. The zero-order valence-electron chi connectivity index (χ0n) is 19.2. The third kappa shape index (κ3) is 7.78. The zero-order chi connectivity index (χ0) is 23.7. The van der Waals surface area contributed by atoms with Crippen LogP contribution in [0.1, 0.15) is 57.4 Å². The van der Waals surface area contributed by atoms with Crippen LogP contribution < -0.4 is 5.32 Å². The van der Waals surface area contributed by atoms with E-state index in [9.17, 15) is 25.2 Å². The maximum absolute atomic E-state index is 12.4. The second kappa shape index (κ2) is 12.8. The molecule has 4 unspecified atom stereocenters. The zero-order valence-corrected chi connectivity index (χ0v) is 19.2. The number of hydrogen-bond acceptors (Lipinski definition) is 7. The van der Waals surface area contributed by atoms with Crippen molar-refractivity contribution in [1.82, 2.24) is 0 Å². The quantitative estimate of drug-likeness (QED) is 0.266. The van der Waals surface area contributed by atoms with Gasteiger partial charge in [0.2, 0.25) is 5.91 Å². The van der Waals surface area contributed by atoms with E-state index in [2.05, 4.69) is 5.32 Å². The van der Waals surface area contributed by atoms with E-state index in [0.29, 0.717) is 18.4 Å². The number of carbonyl (C=O) groups excluding carboxylic acids is 1. The van der Waals surface area contributed by atoms with Crippen LogP contribution in [0.4, 0.5) is 5.69 Å². The van der Waals surface area contributed by atoms with E-state index in [1.165, 1.54) is 19.2 Å². The highest BCUT2D eigenvalue weighted by Gasteiger charge is 2.23. The van der Waals surface area contributed by atoms with E-state index in [4.69, 9.17) is 9.47 Å². The first kappa shape index (κ1) is 26.1. The smallest absolute Gasteiger partial charge is 0.227 e. The molecular weight excluding hydrogens is 414 g/mol. The number of hydrogen-bond donors (Lipinski definition) is 5. The first-order chi connectivity index (χ1) is 15.2. The van der Waals surface area contributed by atoms with Crippen LogP contribution in [0.15, 0.2) is 23.8 Å². The number of aliphatic hydroxyl groups is 2. The van der Waals surface area contributed by atoms with Crippen molar-refractivity contribution < 1.29 is 34.7 Å². The highest BCUT2D eigenvalue weighted by molar-refractivity contribution is 5.93. The Morgan fingerprint density at radius 2 is 1.78 bits per heavy atom.